The molecular formula is C11H12FNO6S2. The van der Waals surface area contributed by atoms with E-state index in [4.69, 9.17) is 5.11 Å². The van der Waals surface area contributed by atoms with Gasteiger partial charge >= 0.3 is 5.97 Å². The van der Waals surface area contributed by atoms with Crippen LogP contribution in [0.25, 0.3) is 0 Å². The maximum Gasteiger partial charge on any atom is 0.338 e. The molecule has 0 unspecified atom stereocenters. The van der Waals surface area contributed by atoms with Crippen molar-refractivity contribution >= 4 is 25.8 Å². The monoisotopic (exact) mass is 337 g/mol. The van der Waals surface area contributed by atoms with Gasteiger partial charge in [-0.25, -0.2) is 26.0 Å². The summed E-state index contributed by atoms with van der Waals surface area (Å²) in [5.41, 5.74) is -0.749. The number of carboxylic acid groups (broad SMARTS) is 1. The van der Waals surface area contributed by atoms with Crippen LogP contribution in [0, 0.1) is 5.82 Å². The zero-order valence-corrected chi connectivity index (χ0v) is 12.3. The molecule has 1 fully saturated rings. The average molecular weight is 337 g/mol. The summed E-state index contributed by atoms with van der Waals surface area (Å²) in [5.74, 6) is -3.20. The highest BCUT2D eigenvalue weighted by Crippen LogP contribution is 2.21. The van der Waals surface area contributed by atoms with Gasteiger partial charge in [0.25, 0.3) is 0 Å². The topological polar surface area (TPSA) is 109 Å². The van der Waals surface area contributed by atoms with Gasteiger partial charge in [0.05, 0.1) is 22.0 Å². The van der Waals surface area contributed by atoms with Crippen molar-refractivity contribution in [2.24, 2.45) is 0 Å². The van der Waals surface area contributed by atoms with Crippen molar-refractivity contribution in [1.82, 2.24) is 4.31 Å². The second-order valence-corrected chi connectivity index (χ2v) is 8.74. The Balaban J connectivity index is 2.37. The Morgan fingerprint density at radius 1 is 1.24 bits per heavy atom. The van der Waals surface area contributed by atoms with Gasteiger partial charge in [0, 0.05) is 13.1 Å². The first-order valence-corrected chi connectivity index (χ1v) is 9.13. The second-order valence-electron chi connectivity index (χ2n) is 4.50. The van der Waals surface area contributed by atoms with E-state index in [0.29, 0.717) is 0 Å². The molecule has 0 radical (unpaired) electrons. The lowest BCUT2D eigenvalue weighted by atomic mass is 10.2. The van der Waals surface area contributed by atoms with Crippen LogP contribution < -0.4 is 0 Å². The maximum atomic E-state index is 13.3. The van der Waals surface area contributed by atoms with Crippen molar-refractivity contribution in [2.45, 2.75) is 4.90 Å². The number of nitrogens with zero attached hydrogens (tertiary/aromatic N) is 1. The van der Waals surface area contributed by atoms with Crippen LogP contribution >= 0.6 is 0 Å². The Morgan fingerprint density at radius 2 is 1.81 bits per heavy atom. The third kappa shape index (κ3) is 3.22. The summed E-state index contributed by atoms with van der Waals surface area (Å²) in [6.07, 6.45) is 0. The van der Waals surface area contributed by atoms with Crippen LogP contribution in [-0.4, -0.2) is 56.8 Å². The number of carboxylic acids is 1. The number of sulfonamides is 1. The molecule has 0 bridgehead atoms. The van der Waals surface area contributed by atoms with Gasteiger partial charge in [0.15, 0.2) is 9.84 Å². The van der Waals surface area contributed by atoms with E-state index in [0.717, 1.165) is 22.5 Å². The fourth-order valence-corrected chi connectivity index (χ4v) is 4.81. The van der Waals surface area contributed by atoms with Crippen LogP contribution in [0.15, 0.2) is 23.1 Å². The lowest BCUT2D eigenvalue weighted by Crippen LogP contribution is -2.43. The zero-order chi connectivity index (χ0) is 15.8. The number of rotatable bonds is 3. The smallest absolute Gasteiger partial charge is 0.338 e. The van der Waals surface area contributed by atoms with Crippen molar-refractivity contribution in [2.75, 3.05) is 24.6 Å². The van der Waals surface area contributed by atoms with E-state index in [-0.39, 0.29) is 29.5 Å². The predicted molar refractivity (Wildman–Crippen MR) is 70.8 cm³/mol. The molecule has 0 aliphatic carbocycles. The molecule has 1 aromatic carbocycles. The lowest BCUT2D eigenvalue weighted by Gasteiger charge is -2.26. The third-order valence-corrected chi connectivity index (χ3v) is 6.61. The molecule has 7 nitrogen and oxygen atoms in total. The summed E-state index contributed by atoms with van der Waals surface area (Å²) in [6, 6.07) is 2.45. The number of sulfone groups is 1. The molecule has 21 heavy (non-hydrogen) atoms. The molecule has 1 saturated heterocycles. The minimum Gasteiger partial charge on any atom is -0.478 e. The SMILES string of the molecule is O=C(O)c1cc(S(=O)(=O)N2CCS(=O)(=O)CC2)ccc1F. The molecule has 0 spiro atoms. The molecular weight excluding hydrogens is 325 g/mol. The molecule has 0 amide bonds. The van der Waals surface area contributed by atoms with Crippen LogP contribution in [0.4, 0.5) is 4.39 Å². The van der Waals surface area contributed by atoms with Crippen molar-refractivity contribution in [3.63, 3.8) is 0 Å². The molecule has 0 saturated carbocycles. The van der Waals surface area contributed by atoms with E-state index in [9.17, 15) is 26.0 Å². The van der Waals surface area contributed by atoms with E-state index in [1.165, 1.54) is 0 Å². The fraction of sp³-hybridized carbons (Fsp3) is 0.364. The molecule has 10 heteroatoms. The molecule has 1 aromatic rings. The van der Waals surface area contributed by atoms with E-state index in [2.05, 4.69) is 0 Å². The Labute approximate surface area is 121 Å². The number of carbonyl (C=O) groups is 1. The molecule has 0 aromatic heterocycles. The molecule has 0 atom stereocenters. The molecule has 1 aliphatic rings. The minimum atomic E-state index is -4.05. The summed E-state index contributed by atoms with van der Waals surface area (Å²) in [7, 11) is -7.29. The highest BCUT2D eigenvalue weighted by atomic mass is 32.2. The van der Waals surface area contributed by atoms with Gasteiger partial charge in [0.1, 0.15) is 5.82 Å². The second kappa shape index (κ2) is 5.35. The van der Waals surface area contributed by atoms with Gasteiger partial charge in [-0.3, -0.25) is 0 Å². The highest BCUT2D eigenvalue weighted by molar-refractivity contribution is 7.92. The molecule has 1 heterocycles. The normalized spacial score (nSPS) is 19.3. The molecule has 1 aliphatic heterocycles. The first-order valence-electron chi connectivity index (χ1n) is 5.87. The number of benzene rings is 1. The van der Waals surface area contributed by atoms with Gasteiger partial charge in [-0.2, -0.15) is 4.31 Å². The average Bonchev–Trinajstić information content (AvgIpc) is 2.38. The quantitative estimate of drug-likeness (QED) is 0.828. The fourth-order valence-electron chi connectivity index (χ4n) is 1.91. The lowest BCUT2D eigenvalue weighted by molar-refractivity contribution is 0.0691. The van der Waals surface area contributed by atoms with Crippen molar-refractivity contribution in [1.29, 1.82) is 0 Å². The van der Waals surface area contributed by atoms with Gasteiger partial charge in [-0.15, -0.1) is 0 Å². The van der Waals surface area contributed by atoms with Crippen LogP contribution in [0.1, 0.15) is 10.4 Å². The molecule has 116 valence electrons. The summed E-state index contributed by atoms with van der Waals surface area (Å²) in [5, 5.41) is 8.81. The van der Waals surface area contributed by atoms with Crippen LogP contribution in [0.5, 0.6) is 0 Å². The molecule has 1 N–H and O–H groups in total. The summed E-state index contributed by atoms with van der Waals surface area (Å²) >= 11 is 0. The van der Waals surface area contributed by atoms with E-state index in [1.807, 2.05) is 0 Å². The minimum absolute atomic E-state index is 0.204. The number of halogens is 1. The van der Waals surface area contributed by atoms with Gasteiger partial charge in [-0.05, 0) is 18.2 Å². The Morgan fingerprint density at radius 3 is 2.33 bits per heavy atom. The van der Waals surface area contributed by atoms with Crippen LogP contribution in [0.3, 0.4) is 0 Å². The maximum absolute atomic E-state index is 13.3. The third-order valence-electron chi connectivity index (χ3n) is 3.11. The van der Waals surface area contributed by atoms with E-state index in [1.54, 1.807) is 0 Å². The Hall–Kier alpha value is -1.52. The van der Waals surface area contributed by atoms with Crippen LogP contribution in [0.2, 0.25) is 0 Å². The highest BCUT2D eigenvalue weighted by Gasteiger charge is 2.31. The first kappa shape index (κ1) is 15.9. The molecule has 2 rings (SSSR count). The number of aromatic carboxylic acids is 1. The first-order chi connectivity index (χ1) is 9.63. The van der Waals surface area contributed by atoms with Crippen molar-refractivity contribution in [3.8, 4) is 0 Å². The summed E-state index contributed by atoms with van der Waals surface area (Å²) in [4.78, 5) is 10.5. The number of hydrogen-bond acceptors (Lipinski definition) is 5. The van der Waals surface area contributed by atoms with Gasteiger partial charge in [0.2, 0.25) is 10.0 Å². The largest absolute Gasteiger partial charge is 0.478 e. The predicted octanol–water partition coefficient (Wildman–Crippen LogP) is -0.0570. The van der Waals surface area contributed by atoms with E-state index < -0.39 is 37.2 Å². The van der Waals surface area contributed by atoms with Crippen molar-refractivity contribution in [3.05, 3.63) is 29.6 Å². The van der Waals surface area contributed by atoms with Crippen molar-refractivity contribution < 1.29 is 31.1 Å². The summed E-state index contributed by atoms with van der Waals surface area (Å²) in [6.45, 7) is -0.408. The Kier molecular flexibility index (Phi) is 4.04. The summed E-state index contributed by atoms with van der Waals surface area (Å²) < 4.78 is 61.4. The zero-order valence-electron chi connectivity index (χ0n) is 10.7. The van der Waals surface area contributed by atoms with Gasteiger partial charge < -0.3 is 5.11 Å². The number of hydrogen-bond donors (Lipinski definition) is 1. The van der Waals surface area contributed by atoms with Crippen LogP contribution in [-0.2, 0) is 19.9 Å². The van der Waals surface area contributed by atoms with E-state index >= 15 is 0 Å². The Bertz CT molecular complexity index is 773. The standard InChI is InChI=1S/C11H12FNO6S2/c12-10-2-1-8(7-9(10)11(14)15)21(18,19)13-3-5-20(16,17)6-4-13/h1-2,7H,3-6H2,(H,14,15). The van der Waals surface area contributed by atoms with Gasteiger partial charge in [-0.1, -0.05) is 0 Å².